The van der Waals surface area contributed by atoms with Crippen LogP contribution in [0.3, 0.4) is 0 Å². The topological polar surface area (TPSA) is 331 Å². The van der Waals surface area contributed by atoms with Gasteiger partial charge >= 0.3 is 16.5 Å². The predicted molar refractivity (Wildman–Crippen MR) is 145 cm³/mol. The number of fused-ring (bicyclic) bond motifs is 2. The fourth-order valence-corrected chi connectivity index (χ4v) is 5.74. The number of aromatic nitrogens is 8. The Morgan fingerprint density at radius 1 is 1.04 bits per heavy atom. The van der Waals surface area contributed by atoms with E-state index in [0.29, 0.717) is 0 Å². The van der Waals surface area contributed by atoms with Crippen LogP contribution >= 0.6 is 16.5 Å². The molecule has 2 saturated heterocycles. The van der Waals surface area contributed by atoms with Crippen LogP contribution in [-0.2, 0) is 27.7 Å². The molecule has 45 heavy (non-hydrogen) atoms. The number of ether oxygens (including phenoxy) is 2. The molecule has 0 saturated carbocycles. The minimum absolute atomic E-state index is 0.0728. The number of halogens is 1. The van der Waals surface area contributed by atoms with Crippen molar-refractivity contribution in [3.05, 3.63) is 29.3 Å². The van der Waals surface area contributed by atoms with Crippen LogP contribution < -0.4 is 17.0 Å². The first kappa shape index (κ1) is 32.8. The van der Waals surface area contributed by atoms with Crippen molar-refractivity contribution in [1.29, 1.82) is 0 Å². The van der Waals surface area contributed by atoms with Crippen molar-refractivity contribution in [2.45, 2.75) is 49.1 Å². The molecule has 2 fully saturated rings. The van der Waals surface area contributed by atoms with Gasteiger partial charge in [-0.1, -0.05) is 0 Å². The van der Waals surface area contributed by atoms with Gasteiger partial charge < -0.3 is 46.0 Å². The minimum atomic E-state index is -5.14. The van der Waals surface area contributed by atoms with Crippen LogP contribution in [0.5, 0.6) is 0 Å². The Bertz CT molecular complexity index is 1790. The van der Waals surface area contributed by atoms with Gasteiger partial charge in [-0.15, -0.1) is 0 Å². The van der Waals surface area contributed by atoms with Crippen LogP contribution in [0.25, 0.3) is 22.3 Å². The number of phosphoric ester groups is 1. The van der Waals surface area contributed by atoms with Crippen molar-refractivity contribution in [2.24, 2.45) is 0 Å². The highest BCUT2D eigenvalue weighted by Gasteiger charge is 2.51. The summed E-state index contributed by atoms with van der Waals surface area (Å²) in [7, 11) is -5.97. The van der Waals surface area contributed by atoms with Gasteiger partial charge in [-0.05, 0) is 0 Å². The summed E-state index contributed by atoms with van der Waals surface area (Å²) < 4.78 is 60.2. The summed E-state index contributed by atoms with van der Waals surface area (Å²) in [4.78, 5) is 51.6. The molecule has 6 heterocycles. The Morgan fingerprint density at radius 2 is 1.69 bits per heavy atom. The number of hydrogen-bond donors (Lipinski definition) is 8. The first-order valence-electron chi connectivity index (χ1n) is 12.6. The van der Waals surface area contributed by atoms with Gasteiger partial charge in [-0.3, -0.25) is 28.0 Å². The van der Waals surface area contributed by atoms with Crippen molar-refractivity contribution >= 4 is 50.6 Å². The molecule has 10 N–H and O–H groups in total. The number of nitrogens with two attached hydrogens (primary N) is 2. The molecule has 0 spiro atoms. The SMILES string of the molecule is Nc1nc2c(ncn2[C@@H]2O[C@H](CO)[C@H](F)[C@H]2OP(=O)(O)OC[C@H]2O[C@@H](n3cnc4c(N)ncnc43)[C@H](O)[C@@H]2O)c(=O)[nH]1.O=PO. The van der Waals surface area contributed by atoms with Gasteiger partial charge in [0.1, 0.15) is 42.4 Å². The maximum atomic E-state index is 15.2. The molecule has 22 nitrogen and oxygen atoms in total. The second-order valence-electron chi connectivity index (χ2n) is 9.51. The third kappa shape index (κ3) is 6.28. The standard InChI is InChI=1S/C20H24FN10O10P.HO2P/c21-8-6(1-32)39-19(31-5-27-10-16(31)28-20(23)29-17(10)35)13(8)41-42(36,37)38-2-7-11(33)12(34)18(40-7)30-4-26-9-14(22)24-3-25-15(9)30;1-3-2/h3-8,11-13,18-19,32-34H,1-2H2,(H,36,37)(H2,22,24,25)(H3,23,28,29,35);(H,1,2)/t6-,7-,8+,11-,12-,13-,18-,19-;/m1./s1. The van der Waals surface area contributed by atoms with Gasteiger partial charge in [-0.25, -0.2) is 33.5 Å². The monoisotopic (exact) mass is 678 g/mol. The Kier molecular flexibility index (Phi) is 9.49. The zero-order chi connectivity index (χ0) is 32.6. The van der Waals surface area contributed by atoms with E-state index in [4.69, 9.17) is 39.4 Å². The van der Waals surface area contributed by atoms with Gasteiger partial charge in [0.25, 0.3) is 5.56 Å². The Morgan fingerprint density at radius 3 is 2.38 bits per heavy atom. The Hall–Kier alpha value is -3.60. The molecule has 4 aromatic heterocycles. The number of rotatable bonds is 8. The van der Waals surface area contributed by atoms with Gasteiger partial charge in [0, 0.05) is 0 Å². The van der Waals surface area contributed by atoms with Crippen LogP contribution in [0.1, 0.15) is 12.5 Å². The summed E-state index contributed by atoms with van der Waals surface area (Å²) in [6.45, 7) is -1.61. The number of alkyl halides is 1. The lowest BCUT2D eigenvalue weighted by atomic mass is 10.1. The molecule has 0 radical (unpaired) electrons. The summed E-state index contributed by atoms with van der Waals surface area (Å²) in [6.07, 6.45) is -9.30. The van der Waals surface area contributed by atoms with Crippen molar-refractivity contribution in [2.75, 3.05) is 24.7 Å². The number of nitrogens with zero attached hydrogens (tertiary/aromatic N) is 7. The number of anilines is 2. The van der Waals surface area contributed by atoms with E-state index < -0.39 is 84.4 Å². The van der Waals surface area contributed by atoms with E-state index >= 15 is 4.39 Å². The summed E-state index contributed by atoms with van der Waals surface area (Å²) in [5.74, 6) is -0.213. The lowest BCUT2D eigenvalue weighted by molar-refractivity contribution is -0.0615. The molecule has 0 aliphatic carbocycles. The maximum Gasteiger partial charge on any atom is 0.472 e. The number of phosphoric acid groups is 1. The molecule has 1 unspecified atom stereocenters. The average Bonchev–Trinajstić information content (AvgIpc) is 3.74. The third-order valence-corrected chi connectivity index (χ3v) is 7.81. The van der Waals surface area contributed by atoms with E-state index in [0.717, 1.165) is 10.9 Å². The molecule has 0 bridgehead atoms. The van der Waals surface area contributed by atoms with Gasteiger partial charge in [-0.2, -0.15) is 4.98 Å². The third-order valence-electron chi connectivity index (χ3n) is 6.82. The lowest BCUT2D eigenvalue weighted by Gasteiger charge is -2.24. The van der Waals surface area contributed by atoms with Gasteiger partial charge in [0.05, 0.1) is 25.9 Å². The van der Waals surface area contributed by atoms with Crippen LogP contribution in [0.2, 0.25) is 0 Å². The number of aliphatic hydroxyl groups is 3. The molecule has 4 aromatic rings. The molecule has 0 amide bonds. The van der Waals surface area contributed by atoms with Crippen LogP contribution in [0.15, 0.2) is 23.8 Å². The highest BCUT2D eigenvalue weighted by atomic mass is 31.2. The zero-order valence-corrected chi connectivity index (χ0v) is 24.2. The van der Waals surface area contributed by atoms with Crippen molar-refractivity contribution in [3.63, 3.8) is 0 Å². The van der Waals surface area contributed by atoms with Gasteiger partial charge in [0.15, 0.2) is 41.3 Å². The highest BCUT2D eigenvalue weighted by Crippen LogP contribution is 2.50. The van der Waals surface area contributed by atoms with Crippen LogP contribution in [0.4, 0.5) is 16.2 Å². The predicted octanol–water partition coefficient (Wildman–Crippen LogP) is -2.34. The Balaban J connectivity index is 0.00000128. The number of hydrogen-bond acceptors (Lipinski definition) is 17. The Labute approximate surface area is 250 Å². The van der Waals surface area contributed by atoms with E-state index in [2.05, 4.69) is 29.9 Å². The van der Waals surface area contributed by atoms with Crippen molar-refractivity contribution in [3.8, 4) is 0 Å². The summed E-state index contributed by atoms with van der Waals surface area (Å²) in [5.41, 5.74) is 10.8. The van der Waals surface area contributed by atoms with Crippen molar-refractivity contribution < 1.29 is 57.1 Å². The zero-order valence-electron chi connectivity index (χ0n) is 22.4. The first-order chi connectivity index (χ1) is 21.4. The maximum absolute atomic E-state index is 15.2. The van der Waals surface area contributed by atoms with E-state index in [1.165, 1.54) is 17.2 Å². The number of imidazole rings is 2. The molecular weight excluding hydrogens is 653 g/mol. The average molecular weight is 678 g/mol. The molecule has 6 rings (SSSR count). The minimum Gasteiger partial charge on any atom is -0.394 e. The summed E-state index contributed by atoms with van der Waals surface area (Å²) >= 11 is 0. The number of nitrogen functional groups attached to an aromatic ring is 2. The van der Waals surface area contributed by atoms with Crippen LogP contribution in [-0.4, -0.2) is 114 Å². The number of aromatic amines is 1. The number of nitrogens with one attached hydrogen (secondary N) is 1. The molecule has 9 atom stereocenters. The molecule has 2 aliphatic rings. The number of aliphatic hydroxyl groups excluding tert-OH is 3. The second kappa shape index (κ2) is 13.0. The van der Waals surface area contributed by atoms with Crippen molar-refractivity contribution in [1.82, 2.24) is 39.0 Å². The first-order valence-corrected chi connectivity index (χ1v) is 14.9. The quantitative estimate of drug-likeness (QED) is 0.0905. The number of H-pyrrole nitrogens is 1. The highest BCUT2D eigenvalue weighted by molar-refractivity contribution is 7.47. The molecule has 0 aromatic carbocycles. The summed E-state index contributed by atoms with van der Waals surface area (Å²) in [5, 5.41) is 30.7. The largest absolute Gasteiger partial charge is 0.472 e. The molecule has 244 valence electrons. The molecule has 2 aliphatic heterocycles. The fourth-order valence-electron chi connectivity index (χ4n) is 4.81. The fraction of sp³-hybridized carbons (Fsp3) is 0.500. The van der Waals surface area contributed by atoms with Crippen LogP contribution in [0, 0.1) is 0 Å². The molecular formula is C20H25FN10O12P2. The second-order valence-corrected chi connectivity index (χ2v) is 11.1. The van der Waals surface area contributed by atoms with E-state index in [9.17, 15) is 29.6 Å². The summed E-state index contributed by atoms with van der Waals surface area (Å²) in [6, 6.07) is 0. The van der Waals surface area contributed by atoms with Gasteiger partial charge in [0.2, 0.25) is 5.95 Å². The smallest absolute Gasteiger partial charge is 0.394 e. The molecule has 25 heteroatoms. The van der Waals surface area contributed by atoms with E-state index in [1.807, 2.05) is 0 Å². The van der Waals surface area contributed by atoms with E-state index in [-0.39, 0.29) is 34.1 Å². The van der Waals surface area contributed by atoms with E-state index in [1.54, 1.807) is 0 Å². The lowest BCUT2D eigenvalue weighted by Crippen LogP contribution is -2.34. The normalized spacial score (nSPS) is 29.6.